The molecular weight excluding hydrogens is 236 g/mol. The number of hydrogen-bond acceptors (Lipinski definition) is 4. The summed E-state index contributed by atoms with van der Waals surface area (Å²) in [5, 5.41) is 19.4. The van der Waals surface area contributed by atoms with Gasteiger partial charge in [0.05, 0.1) is 19.8 Å². The maximum atomic E-state index is 11.5. The van der Waals surface area contributed by atoms with Gasteiger partial charge in [0, 0.05) is 0 Å². The van der Waals surface area contributed by atoms with Crippen molar-refractivity contribution in [2.75, 3.05) is 14.2 Å². The molecule has 5 nitrogen and oxygen atoms in total. The molecule has 0 aromatic heterocycles. The van der Waals surface area contributed by atoms with E-state index < -0.39 is 11.4 Å². The van der Waals surface area contributed by atoms with Crippen LogP contribution in [0.1, 0.15) is 24.8 Å². The molecule has 0 radical (unpaired) electrons. The highest BCUT2D eigenvalue weighted by Gasteiger charge is 2.50. The Kier molecular flexibility index (Phi) is 3.07. The molecule has 2 N–H and O–H groups in total. The predicted octanol–water partition coefficient (Wildman–Crippen LogP) is 1.92. The van der Waals surface area contributed by atoms with Gasteiger partial charge < -0.3 is 19.7 Å². The van der Waals surface area contributed by atoms with Crippen LogP contribution in [-0.4, -0.2) is 30.4 Å². The fraction of sp³-hybridized carbons (Fsp3) is 0.462. The summed E-state index contributed by atoms with van der Waals surface area (Å²) < 4.78 is 10.4. The summed E-state index contributed by atoms with van der Waals surface area (Å²) in [7, 11) is 2.92. The van der Waals surface area contributed by atoms with Crippen molar-refractivity contribution in [3.63, 3.8) is 0 Å². The minimum Gasteiger partial charge on any atom is -0.507 e. The van der Waals surface area contributed by atoms with E-state index in [1.54, 1.807) is 6.07 Å². The van der Waals surface area contributed by atoms with Gasteiger partial charge >= 0.3 is 5.97 Å². The van der Waals surface area contributed by atoms with Crippen molar-refractivity contribution in [1.29, 1.82) is 0 Å². The Bertz CT molecular complexity index is 477. The molecule has 1 aliphatic rings. The number of carboxylic acids is 1. The molecule has 0 saturated heterocycles. The highest BCUT2D eigenvalue weighted by Crippen LogP contribution is 2.53. The summed E-state index contributed by atoms with van der Waals surface area (Å²) >= 11 is 0. The molecule has 0 spiro atoms. The lowest BCUT2D eigenvalue weighted by molar-refractivity contribution is -0.147. The van der Waals surface area contributed by atoms with Crippen molar-refractivity contribution in [2.24, 2.45) is 0 Å². The molecule has 18 heavy (non-hydrogen) atoms. The Hall–Kier alpha value is -1.91. The minimum atomic E-state index is -1.05. The standard InChI is InChI=1S/C13H16O5/c1-17-9-5-4-8(14)10(11(9)18-2)13(12(15)16)6-3-7-13/h4-5,14H,3,6-7H2,1-2H3,(H,15,16). The average molecular weight is 252 g/mol. The molecule has 0 bridgehead atoms. The lowest BCUT2D eigenvalue weighted by atomic mass is 9.64. The molecule has 0 unspecified atom stereocenters. The first-order chi connectivity index (χ1) is 8.56. The smallest absolute Gasteiger partial charge is 0.314 e. The zero-order valence-corrected chi connectivity index (χ0v) is 10.4. The van der Waals surface area contributed by atoms with Crippen LogP contribution in [0.5, 0.6) is 17.2 Å². The minimum absolute atomic E-state index is 0.0604. The molecule has 0 atom stereocenters. The van der Waals surface area contributed by atoms with Gasteiger partial charge in [0.15, 0.2) is 11.5 Å². The number of ether oxygens (including phenoxy) is 2. The molecule has 1 saturated carbocycles. The summed E-state index contributed by atoms with van der Waals surface area (Å²) in [4.78, 5) is 11.5. The van der Waals surface area contributed by atoms with E-state index in [-0.39, 0.29) is 5.75 Å². The number of aromatic hydroxyl groups is 1. The van der Waals surface area contributed by atoms with E-state index in [0.717, 1.165) is 6.42 Å². The number of phenols is 1. The van der Waals surface area contributed by atoms with Crippen LogP contribution in [0.25, 0.3) is 0 Å². The van der Waals surface area contributed by atoms with Gasteiger partial charge in [-0.05, 0) is 25.0 Å². The van der Waals surface area contributed by atoms with Crippen LogP contribution in [0.4, 0.5) is 0 Å². The third kappa shape index (κ3) is 1.58. The number of hydrogen-bond donors (Lipinski definition) is 2. The molecule has 1 aliphatic carbocycles. The van der Waals surface area contributed by atoms with Gasteiger partial charge in [-0.1, -0.05) is 6.42 Å². The van der Waals surface area contributed by atoms with E-state index in [0.29, 0.717) is 29.9 Å². The van der Waals surface area contributed by atoms with E-state index in [4.69, 9.17) is 9.47 Å². The Labute approximate surface area is 105 Å². The second-order valence-electron chi connectivity index (χ2n) is 4.44. The number of carboxylic acid groups (broad SMARTS) is 1. The monoisotopic (exact) mass is 252 g/mol. The molecule has 2 rings (SSSR count). The zero-order valence-electron chi connectivity index (χ0n) is 10.4. The number of carbonyl (C=O) groups is 1. The molecule has 0 aliphatic heterocycles. The second-order valence-corrected chi connectivity index (χ2v) is 4.44. The number of phenolic OH excluding ortho intramolecular Hbond substituents is 1. The molecule has 5 heteroatoms. The third-order valence-electron chi connectivity index (χ3n) is 3.62. The third-order valence-corrected chi connectivity index (χ3v) is 3.62. The van der Waals surface area contributed by atoms with Gasteiger partial charge in [0.25, 0.3) is 0 Å². The van der Waals surface area contributed by atoms with Crippen molar-refractivity contribution >= 4 is 5.97 Å². The number of rotatable bonds is 4. The normalized spacial score (nSPS) is 16.8. The molecular formula is C13H16O5. The summed E-state index contributed by atoms with van der Waals surface area (Å²) in [5.41, 5.74) is -0.729. The molecule has 0 amide bonds. The number of methoxy groups -OCH3 is 2. The molecule has 98 valence electrons. The number of aliphatic carboxylic acids is 1. The average Bonchev–Trinajstić information content (AvgIpc) is 2.29. The van der Waals surface area contributed by atoms with Crippen LogP contribution < -0.4 is 9.47 Å². The van der Waals surface area contributed by atoms with Crippen molar-refractivity contribution < 1.29 is 24.5 Å². The first-order valence-corrected chi connectivity index (χ1v) is 5.74. The van der Waals surface area contributed by atoms with E-state index >= 15 is 0 Å². The Balaban J connectivity index is 2.65. The maximum absolute atomic E-state index is 11.5. The molecule has 0 heterocycles. The van der Waals surface area contributed by atoms with Gasteiger partial charge in [-0.15, -0.1) is 0 Å². The van der Waals surface area contributed by atoms with Crippen LogP contribution in [0, 0.1) is 0 Å². The maximum Gasteiger partial charge on any atom is 0.314 e. The van der Waals surface area contributed by atoms with Crippen molar-refractivity contribution in [3.8, 4) is 17.2 Å². The van der Waals surface area contributed by atoms with Crippen LogP contribution in [0.15, 0.2) is 12.1 Å². The topological polar surface area (TPSA) is 76.0 Å². The predicted molar refractivity (Wildman–Crippen MR) is 64.4 cm³/mol. The fourth-order valence-corrected chi connectivity index (χ4v) is 2.48. The van der Waals surface area contributed by atoms with Gasteiger partial charge in [-0.2, -0.15) is 0 Å². The highest BCUT2D eigenvalue weighted by molar-refractivity contribution is 5.85. The molecule has 1 fully saturated rings. The van der Waals surface area contributed by atoms with Gasteiger partial charge in [-0.25, -0.2) is 0 Å². The summed E-state index contributed by atoms with van der Waals surface area (Å²) in [6.07, 6.45) is 1.82. The lowest BCUT2D eigenvalue weighted by Crippen LogP contribution is -2.42. The Morgan fingerprint density at radius 1 is 1.28 bits per heavy atom. The van der Waals surface area contributed by atoms with E-state index in [2.05, 4.69) is 0 Å². The van der Waals surface area contributed by atoms with Crippen LogP contribution in [-0.2, 0) is 10.2 Å². The fourth-order valence-electron chi connectivity index (χ4n) is 2.48. The Morgan fingerprint density at radius 2 is 1.94 bits per heavy atom. The van der Waals surface area contributed by atoms with Crippen molar-refractivity contribution in [1.82, 2.24) is 0 Å². The van der Waals surface area contributed by atoms with Crippen molar-refractivity contribution in [2.45, 2.75) is 24.7 Å². The molecule has 1 aromatic carbocycles. The highest BCUT2D eigenvalue weighted by atomic mass is 16.5. The summed E-state index contributed by atoms with van der Waals surface area (Å²) in [6, 6.07) is 3.01. The van der Waals surface area contributed by atoms with Crippen LogP contribution in [0.3, 0.4) is 0 Å². The SMILES string of the molecule is COc1ccc(O)c(C2(C(=O)O)CCC2)c1OC. The largest absolute Gasteiger partial charge is 0.507 e. The van der Waals surface area contributed by atoms with Gasteiger partial charge in [0.1, 0.15) is 11.2 Å². The Morgan fingerprint density at radius 3 is 2.33 bits per heavy atom. The van der Waals surface area contributed by atoms with Crippen molar-refractivity contribution in [3.05, 3.63) is 17.7 Å². The van der Waals surface area contributed by atoms with Gasteiger partial charge in [-0.3, -0.25) is 4.79 Å². The first-order valence-electron chi connectivity index (χ1n) is 5.74. The lowest BCUT2D eigenvalue weighted by Gasteiger charge is -2.39. The van der Waals surface area contributed by atoms with Crippen LogP contribution in [0.2, 0.25) is 0 Å². The second kappa shape index (κ2) is 4.40. The zero-order chi connectivity index (χ0) is 13.3. The quantitative estimate of drug-likeness (QED) is 0.856. The molecule has 1 aromatic rings. The summed E-state index contributed by atoms with van der Waals surface area (Å²) in [6.45, 7) is 0. The van der Waals surface area contributed by atoms with E-state index in [1.807, 2.05) is 0 Å². The summed E-state index contributed by atoms with van der Waals surface area (Å²) in [5.74, 6) is -0.261. The van der Waals surface area contributed by atoms with Crippen LogP contribution >= 0.6 is 0 Å². The number of benzene rings is 1. The van der Waals surface area contributed by atoms with Gasteiger partial charge in [0.2, 0.25) is 0 Å². The van der Waals surface area contributed by atoms with E-state index in [1.165, 1.54) is 20.3 Å². The van der Waals surface area contributed by atoms with E-state index in [9.17, 15) is 15.0 Å². The first kappa shape index (κ1) is 12.5.